The van der Waals surface area contributed by atoms with Crippen molar-refractivity contribution in [1.82, 2.24) is 0 Å². The first-order valence-corrected chi connectivity index (χ1v) is 4.28. The van der Waals surface area contributed by atoms with E-state index in [1.54, 1.807) is 0 Å². The van der Waals surface area contributed by atoms with Crippen LogP contribution in [0.15, 0.2) is 0 Å². The van der Waals surface area contributed by atoms with Gasteiger partial charge in [0.2, 0.25) is 0 Å². The van der Waals surface area contributed by atoms with Crippen LogP contribution in [0.4, 0.5) is 0 Å². The summed E-state index contributed by atoms with van der Waals surface area (Å²) in [6.07, 6.45) is -0.358. The molecule has 1 unspecified atom stereocenters. The molecule has 0 spiro atoms. The molecule has 68 valence electrons. The van der Waals surface area contributed by atoms with Crippen LogP contribution in [-0.4, -0.2) is 55.1 Å². The van der Waals surface area contributed by atoms with Crippen LogP contribution in [0.1, 0.15) is 6.42 Å². The van der Waals surface area contributed by atoms with Gasteiger partial charge in [-0.25, -0.2) is 0 Å². The van der Waals surface area contributed by atoms with Gasteiger partial charge in [0.25, 0.3) is 0 Å². The summed E-state index contributed by atoms with van der Waals surface area (Å²) in [5.74, 6) is 0. The summed E-state index contributed by atoms with van der Waals surface area (Å²) < 4.78 is 10.8. The standard InChI is InChI=1S/C7H13BO4/c8-6-4-5(10)7(3-9,12-6)1-2-11-4/h4-6,9-10H,1-3,8H2/t4-,5?,6+,7+/m0/s1. The Morgan fingerprint density at radius 2 is 2.33 bits per heavy atom. The zero-order valence-electron chi connectivity index (χ0n) is 7.06. The van der Waals surface area contributed by atoms with E-state index in [0.717, 1.165) is 0 Å². The van der Waals surface area contributed by atoms with Gasteiger partial charge in [-0.05, 0) is 0 Å². The second-order valence-electron chi connectivity index (χ2n) is 3.58. The number of fused-ring (bicyclic) bond motifs is 2. The van der Waals surface area contributed by atoms with E-state index in [0.29, 0.717) is 13.0 Å². The van der Waals surface area contributed by atoms with E-state index in [2.05, 4.69) is 0 Å². The summed E-state index contributed by atoms with van der Waals surface area (Å²) >= 11 is 0. The molecule has 0 radical (unpaired) electrons. The molecule has 0 aliphatic carbocycles. The summed E-state index contributed by atoms with van der Waals surface area (Å²) in [5, 5.41) is 18.8. The Kier molecular flexibility index (Phi) is 1.91. The molecule has 0 amide bonds. The maximum Gasteiger partial charge on any atom is 0.142 e. The number of rotatable bonds is 1. The smallest absolute Gasteiger partial charge is 0.142 e. The summed E-state index contributed by atoms with van der Waals surface area (Å²) in [4.78, 5) is 0. The van der Waals surface area contributed by atoms with Crippen LogP contribution in [0.3, 0.4) is 0 Å². The van der Waals surface area contributed by atoms with Crippen molar-refractivity contribution in [1.29, 1.82) is 0 Å². The minimum atomic E-state index is -0.748. The summed E-state index contributed by atoms with van der Waals surface area (Å²) in [6.45, 7) is 0.436. The average molecular weight is 172 g/mol. The number of ether oxygens (including phenoxy) is 2. The van der Waals surface area contributed by atoms with Crippen LogP contribution in [0, 0.1) is 0 Å². The average Bonchev–Trinajstić information content (AvgIpc) is 2.23. The lowest BCUT2D eigenvalue weighted by atomic mass is 9.86. The Bertz CT molecular complexity index is 188. The first kappa shape index (κ1) is 8.50. The van der Waals surface area contributed by atoms with Crippen LogP contribution in [0.2, 0.25) is 0 Å². The highest BCUT2D eigenvalue weighted by Crippen LogP contribution is 2.38. The molecule has 0 aromatic heterocycles. The SMILES string of the molecule is B[C@@H]1O[C@@]2(CO)CCO[C@H]1C2O. The normalized spacial score (nSPS) is 52.7. The molecule has 2 heterocycles. The molecule has 4 atom stereocenters. The summed E-state index contributed by atoms with van der Waals surface area (Å²) in [7, 11) is 1.86. The van der Waals surface area contributed by atoms with Gasteiger partial charge >= 0.3 is 0 Å². The Labute approximate surface area is 71.9 Å². The molecule has 2 aliphatic rings. The van der Waals surface area contributed by atoms with Gasteiger partial charge in [0, 0.05) is 6.42 Å². The van der Waals surface area contributed by atoms with Gasteiger partial charge in [-0.3, -0.25) is 0 Å². The fraction of sp³-hybridized carbons (Fsp3) is 1.00. The second-order valence-corrected chi connectivity index (χ2v) is 3.58. The van der Waals surface area contributed by atoms with Gasteiger partial charge < -0.3 is 19.7 Å². The molecule has 12 heavy (non-hydrogen) atoms. The van der Waals surface area contributed by atoms with Gasteiger partial charge in [0.15, 0.2) is 0 Å². The highest BCUT2D eigenvalue weighted by atomic mass is 16.6. The van der Waals surface area contributed by atoms with Crippen LogP contribution >= 0.6 is 0 Å². The number of hydrogen-bond donors (Lipinski definition) is 2. The Morgan fingerprint density at radius 3 is 2.92 bits per heavy atom. The molecule has 2 fully saturated rings. The van der Waals surface area contributed by atoms with Crippen LogP contribution in [-0.2, 0) is 9.47 Å². The highest BCUT2D eigenvalue weighted by molar-refractivity contribution is 6.11. The van der Waals surface area contributed by atoms with Gasteiger partial charge in [-0.1, -0.05) is 0 Å². The van der Waals surface area contributed by atoms with Gasteiger partial charge in [-0.2, -0.15) is 0 Å². The van der Waals surface area contributed by atoms with E-state index in [1.165, 1.54) is 0 Å². The van der Waals surface area contributed by atoms with E-state index < -0.39 is 11.7 Å². The van der Waals surface area contributed by atoms with E-state index in [4.69, 9.17) is 14.6 Å². The van der Waals surface area contributed by atoms with Gasteiger partial charge in [0.1, 0.15) is 25.7 Å². The lowest BCUT2D eigenvalue weighted by molar-refractivity contribution is -0.138. The molecular weight excluding hydrogens is 159 g/mol. The van der Waals surface area contributed by atoms with E-state index >= 15 is 0 Å². The highest BCUT2D eigenvalue weighted by Gasteiger charge is 2.55. The first-order valence-electron chi connectivity index (χ1n) is 4.28. The lowest BCUT2D eigenvalue weighted by Gasteiger charge is -2.34. The van der Waals surface area contributed by atoms with Crippen molar-refractivity contribution in [2.45, 2.75) is 30.2 Å². The van der Waals surface area contributed by atoms with Crippen molar-refractivity contribution in [3.8, 4) is 0 Å². The van der Waals surface area contributed by atoms with Crippen molar-refractivity contribution in [2.24, 2.45) is 0 Å². The molecular formula is C7H13BO4. The van der Waals surface area contributed by atoms with Crippen LogP contribution in [0.25, 0.3) is 0 Å². The third kappa shape index (κ3) is 0.940. The Morgan fingerprint density at radius 1 is 1.58 bits per heavy atom. The molecule has 2 bridgehead atoms. The lowest BCUT2D eigenvalue weighted by Crippen LogP contribution is -2.51. The number of aliphatic hydroxyl groups is 2. The first-order chi connectivity index (χ1) is 5.69. The molecule has 0 aromatic rings. The summed E-state index contributed by atoms with van der Waals surface area (Å²) in [6, 6.07) is -0.116. The molecule has 0 aromatic carbocycles. The third-order valence-electron chi connectivity index (χ3n) is 2.84. The minimum Gasteiger partial charge on any atom is -0.393 e. The Balaban J connectivity index is 2.24. The molecule has 2 N–H and O–H groups in total. The molecule has 0 saturated carbocycles. The largest absolute Gasteiger partial charge is 0.393 e. The molecule has 2 aliphatic heterocycles. The molecule has 5 heteroatoms. The van der Waals surface area contributed by atoms with E-state index in [-0.39, 0.29) is 18.7 Å². The molecule has 2 saturated heterocycles. The topological polar surface area (TPSA) is 58.9 Å². The van der Waals surface area contributed by atoms with Crippen molar-refractivity contribution in [2.75, 3.05) is 13.2 Å². The van der Waals surface area contributed by atoms with Crippen LogP contribution in [0.5, 0.6) is 0 Å². The van der Waals surface area contributed by atoms with Crippen molar-refractivity contribution in [3.63, 3.8) is 0 Å². The number of aliphatic hydroxyl groups excluding tert-OH is 2. The fourth-order valence-electron chi connectivity index (χ4n) is 2.07. The third-order valence-corrected chi connectivity index (χ3v) is 2.84. The zero-order chi connectivity index (χ0) is 8.77. The maximum atomic E-state index is 9.72. The molecule has 4 nitrogen and oxygen atoms in total. The van der Waals surface area contributed by atoms with Gasteiger partial charge in [0.05, 0.1) is 19.2 Å². The van der Waals surface area contributed by atoms with Crippen molar-refractivity contribution < 1.29 is 19.7 Å². The van der Waals surface area contributed by atoms with Gasteiger partial charge in [-0.15, -0.1) is 0 Å². The number of hydrogen-bond acceptors (Lipinski definition) is 4. The van der Waals surface area contributed by atoms with E-state index in [1.807, 2.05) is 7.85 Å². The predicted molar refractivity (Wildman–Crippen MR) is 43.6 cm³/mol. The molecule has 2 rings (SSSR count). The second kappa shape index (κ2) is 2.70. The quantitative estimate of drug-likeness (QED) is 0.443. The van der Waals surface area contributed by atoms with E-state index in [9.17, 15) is 5.11 Å². The van der Waals surface area contributed by atoms with Crippen molar-refractivity contribution in [3.05, 3.63) is 0 Å². The van der Waals surface area contributed by atoms with Crippen molar-refractivity contribution >= 4 is 7.85 Å². The van der Waals surface area contributed by atoms with Crippen LogP contribution < -0.4 is 0 Å². The zero-order valence-corrected chi connectivity index (χ0v) is 7.06. The summed E-state index contributed by atoms with van der Waals surface area (Å²) in [5.41, 5.74) is -0.748. The fourth-order valence-corrected chi connectivity index (χ4v) is 2.07. The predicted octanol–water partition coefficient (Wildman–Crippen LogP) is -2.14. The maximum absolute atomic E-state index is 9.72. The Hall–Kier alpha value is -0.0951. The monoisotopic (exact) mass is 172 g/mol. The minimum absolute atomic E-state index is 0.116.